The molecule has 0 aliphatic heterocycles. The van der Waals surface area contributed by atoms with Crippen LogP contribution in [0.4, 0.5) is 0 Å². The van der Waals surface area contributed by atoms with Gasteiger partial charge >= 0.3 is 0 Å². The highest BCUT2D eigenvalue weighted by Gasteiger charge is 2.08. The van der Waals surface area contributed by atoms with Crippen molar-refractivity contribution in [2.24, 2.45) is 5.73 Å². The summed E-state index contributed by atoms with van der Waals surface area (Å²) in [7, 11) is 0. The number of hydrogen-bond donors (Lipinski definition) is 3. The lowest BCUT2D eigenvalue weighted by Gasteiger charge is -2.06. The Morgan fingerprint density at radius 2 is 2.08 bits per heavy atom. The van der Waals surface area contributed by atoms with Crippen LogP contribution in [0, 0.1) is 0 Å². The fourth-order valence-corrected chi connectivity index (χ4v) is 0.526. The zero-order valence-corrected chi connectivity index (χ0v) is 7.29. The van der Waals surface area contributed by atoms with Gasteiger partial charge in [-0.25, -0.2) is 0 Å². The summed E-state index contributed by atoms with van der Waals surface area (Å²) in [6.45, 7) is 1.15. The molecule has 0 aliphatic carbocycles. The molecule has 4 N–H and O–H groups in total. The van der Waals surface area contributed by atoms with Gasteiger partial charge < -0.3 is 16.4 Å². The van der Waals surface area contributed by atoms with Crippen LogP contribution in [0.1, 0.15) is 6.92 Å². The van der Waals surface area contributed by atoms with Gasteiger partial charge in [0.15, 0.2) is 0 Å². The van der Waals surface area contributed by atoms with Crippen molar-refractivity contribution in [2.45, 2.75) is 13.0 Å². The molecule has 6 nitrogen and oxygen atoms in total. The maximum Gasteiger partial charge on any atom is 0.239 e. The molecule has 1 unspecified atom stereocenters. The van der Waals surface area contributed by atoms with E-state index in [0.717, 1.165) is 0 Å². The quantitative estimate of drug-likeness (QED) is 0.448. The Morgan fingerprint density at radius 3 is 2.54 bits per heavy atom. The number of carbonyl (C=O) groups is 2. The standard InChI is InChI=1S/C7H12N3O3/c1-5(8)7(13)10-4-6(12)9-2-3-11/h5H,2,4,8H2,1H3,(H,9,12)(H,10,13). The minimum atomic E-state index is -0.648. The van der Waals surface area contributed by atoms with Crippen LogP contribution in [0.5, 0.6) is 0 Å². The van der Waals surface area contributed by atoms with Crippen molar-refractivity contribution in [3.8, 4) is 0 Å². The van der Waals surface area contributed by atoms with Gasteiger partial charge in [0, 0.05) is 0 Å². The molecule has 0 heterocycles. The summed E-state index contributed by atoms with van der Waals surface area (Å²) >= 11 is 0. The second kappa shape index (κ2) is 6.13. The number of nitrogens with one attached hydrogen (secondary N) is 2. The smallest absolute Gasteiger partial charge is 0.239 e. The molecule has 0 aromatic heterocycles. The van der Waals surface area contributed by atoms with Crippen LogP contribution < -0.4 is 16.4 Å². The molecule has 1 atom stereocenters. The molecule has 0 aromatic rings. The lowest BCUT2D eigenvalue weighted by Crippen LogP contribution is -2.43. The summed E-state index contributed by atoms with van der Waals surface area (Å²) in [6.07, 6.45) is 1.49. The Labute approximate surface area is 75.9 Å². The number of hydrogen-bond acceptors (Lipinski definition) is 4. The average Bonchev–Trinajstić information content (AvgIpc) is 2.10. The largest absolute Gasteiger partial charge is 0.347 e. The van der Waals surface area contributed by atoms with E-state index in [9.17, 15) is 14.4 Å². The third-order valence-corrected chi connectivity index (χ3v) is 1.19. The third-order valence-electron chi connectivity index (χ3n) is 1.19. The van der Waals surface area contributed by atoms with Crippen LogP contribution in [0.3, 0.4) is 0 Å². The van der Waals surface area contributed by atoms with Crippen LogP contribution in [-0.4, -0.2) is 37.2 Å². The van der Waals surface area contributed by atoms with Gasteiger partial charge in [-0.3, -0.25) is 14.4 Å². The lowest BCUT2D eigenvalue weighted by molar-refractivity contribution is -0.126. The number of rotatable bonds is 5. The average molecular weight is 186 g/mol. The monoisotopic (exact) mass is 186 g/mol. The maximum absolute atomic E-state index is 10.8. The molecule has 2 amide bonds. The minimum Gasteiger partial charge on any atom is -0.347 e. The number of amides is 2. The van der Waals surface area contributed by atoms with Crippen LogP contribution in [0.15, 0.2) is 0 Å². The second-order valence-corrected chi connectivity index (χ2v) is 2.43. The van der Waals surface area contributed by atoms with Gasteiger partial charge in [0.25, 0.3) is 0 Å². The Hall–Kier alpha value is -1.43. The van der Waals surface area contributed by atoms with Crippen molar-refractivity contribution in [3.05, 3.63) is 0 Å². The molecular weight excluding hydrogens is 174 g/mol. The predicted octanol–water partition coefficient (Wildman–Crippen LogP) is -2.32. The van der Waals surface area contributed by atoms with Crippen LogP contribution in [0.25, 0.3) is 0 Å². The molecule has 0 saturated carbocycles. The zero-order valence-electron chi connectivity index (χ0n) is 7.29. The van der Waals surface area contributed by atoms with E-state index in [-0.39, 0.29) is 13.1 Å². The van der Waals surface area contributed by atoms with E-state index in [1.54, 1.807) is 0 Å². The van der Waals surface area contributed by atoms with Crippen molar-refractivity contribution in [1.82, 2.24) is 10.6 Å². The normalized spacial score (nSPS) is 11.5. The molecule has 73 valence electrons. The highest BCUT2D eigenvalue weighted by Crippen LogP contribution is 1.73. The van der Waals surface area contributed by atoms with Crippen molar-refractivity contribution >= 4 is 18.1 Å². The molecule has 0 bridgehead atoms. The van der Waals surface area contributed by atoms with Crippen LogP contribution in [-0.2, 0) is 14.4 Å². The second-order valence-electron chi connectivity index (χ2n) is 2.43. The van der Waals surface area contributed by atoms with Crippen LogP contribution >= 0.6 is 0 Å². The van der Waals surface area contributed by atoms with Gasteiger partial charge in [-0.15, -0.1) is 0 Å². The van der Waals surface area contributed by atoms with Gasteiger partial charge in [0.1, 0.15) is 0 Å². The van der Waals surface area contributed by atoms with Crippen molar-refractivity contribution in [3.63, 3.8) is 0 Å². The lowest BCUT2D eigenvalue weighted by atomic mass is 10.3. The first-order valence-corrected chi connectivity index (χ1v) is 3.73. The van der Waals surface area contributed by atoms with Gasteiger partial charge in [-0.2, -0.15) is 0 Å². The summed E-state index contributed by atoms with van der Waals surface area (Å²) in [4.78, 5) is 31.3. The molecule has 6 heteroatoms. The maximum atomic E-state index is 10.8. The highest BCUT2D eigenvalue weighted by molar-refractivity contribution is 5.87. The van der Waals surface area contributed by atoms with E-state index in [2.05, 4.69) is 10.6 Å². The first-order chi connectivity index (χ1) is 6.07. The molecule has 0 aliphatic rings. The summed E-state index contributed by atoms with van der Waals surface area (Å²) in [5, 5.41) is 4.49. The van der Waals surface area contributed by atoms with Crippen molar-refractivity contribution in [2.75, 3.05) is 13.1 Å². The minimum absolute atomic E-state index is 0.174. The van der Waals surface area contributed by atoms with Crippen LogP contribution in [0.2, 0.25) is 0 Å². The number of nitrogens with two attached hydrogens (primary N) is 1. The van der Waals surface area contributed by atoms with E-state index < -0.39 is 17.9 Å². The first kappa shape index (κ1) is 11.6. The molecule has 0 saturated heterocycles. The topological polar surface area (TPSA) is 101 Å². The predicted molar refractivity (Wildman–Crippen MR) is 45.4 cm³/mol. The Balaban J connectivity index is 3.57. The van der Waals surface area contributed by atoms with Gasteiger partial charge in [0.05, 0.1) is 19.1 Å². The van der Waals surface area contributed by atoms with E-state index in [1.807, 2.05) is 0 Å². The molecule has 0 spiro atoms. The van der Waals surface area contributed by atoms with Crippen molar-refractivity contribution in [1.29, 1.82) is 0 Å². The molecular formula is C7H12N3O3. The first-order valence-electron chi connectivity index (χ1n) is 3.73. The van der Waals surface area contributed by atoms with E-state index in [4.69, 9.17) is 5.73 Å². The zero-order chi connectivity index (χ0) is 10.3. The van der Waals surface area contributed by atoms with Gasteiger partial charge in [-0.1, -0.05) is 0 Å². The molecule has 0 aromatic carbocycles. The summed E-state index contributed by atoms with van der Waals surface area (Å²) in [6, 6.07) is -0.648. The third kappa shape index (κ3) is 5.80. The summed E-state index contributed by atoms with van der Waals surface area (Å²) < 4.78 is 0. The fraction of sp³-hybridized carbons (Fsp3) is 0.571. The SMILES string of the molecule is CC(N)C(=O)NCC(=O)NC[C]=O. The molecule has 0 fully saturated rings. The summed E-state index contributed by atoms with van der Waals surface area (Å²) in [5.41, 5.74) is 5.22. The molecule has 13 heavy (non-hydrogen) atoms. The Kier molecular flexibility index (Phi) is 5.45. The van der Waals surface area contributed by atoms with E-state index in [0.29, 0.717) is 0 Å². The number of carbonyl (C=O) groups excluding carboxylic acids is 3. The van der Waals surface area contributed by atoms with E-state index in [1.165, 1.54) is 13.2 Å². The highest BCUT2D eigenvalue weighted by atomic mass is 16.2. The van der Waals surface area contributed by atoms with Crippen molar-refractivity contribution < 1.29 is 14.4 Å². The Morgan fingerprint density at radius 1 is 1.46 bits per heavy atom. The Bertz CT molecular complexity index is 203. The fourth-order valence-electron chi connectivity index (χ4n) is 0.526. The molecule has 0 rings (SSSR count). The van der Waals surface area contributed by atoms with Gasteiger partial charge in [-0.05, 0) is 6.92 Å². The van der Waals surface area contributed by atoms with Gasteiger partial charge in [0.2, 0.25) is 18.1 Å². The van der Waals surface area contributed by atoms with E-state index >= 15 is 0 Å². The molecule has 1 radical (unpaired) electrons. The summed E-state index contributed by atoms with van der Waals surface area (Å²) in [5.74, 6) is -0.859.